The fourth-order valence-electron chi connectivity index (χ4n) is 1.97. The second-order valence-electron chi connectivity index (χ2n) is 5.07. The van der Waals surface area contributed by atoms with Gasteiger partial charge in [-0.3, -0.25) is 9.99 Å². The molecule has 0 fully saturated rings. The first-order chi connectivity index (χ1) is 9.58. The molecule has 2 aromatic heterocycles. The van der Waals surface area contributed by atoms with Crippen molar-refractivity contribution >= 4 is 11.9 Å². The highest BCUT2D eigenvalue weighted by molar-refractivity contribution is 5.37. The van der Waals surface area contributed by atoms with Crippen LogP contribution in [0.1, 0.15) is 27.2 Å². The predicted molar refractivity (Wildman–Crippen MR) is 77.3 cm³/mol. The maximum absolute atomic E-state index is 5.40. The molecule has 108 valence electrons. The quantitative estimate of drug-likeness (QED) is 0.537. The lowest BCUT2D eigenvalue weighted by Gasteiger charge is -2.16. The molecule has 0 radical (unpaired) electrons. The third-order valence-corrected chi connectivity index (χ3v) is 2.69. The van der Waals surface area contributed by atoms with E-state index in [1.807, 2.05) is 0 Å². The second kappa shape index (κ2) is 6.29. The molecule has 0 aliphatic rings. The number of nitrogens with two attached hydrogens (primary N) is 1. The van der Waals surface area contributed by atoms with Crippen molar-refractivity contribution in [2.45, 2.75) is 33.2 Å². The van der Waals surface area contributed by atoms with Crippen LogP contribution >= 0.6 is 0 Å². The van der Waals surface area contributed by atoms with Crippen LogP contribution in [0.15, 0.2) is 18.7 Å². The molecule has 0 amide bonds. The lowest BCUT2D eigenvalue weighted by molar-refractivity contribution is 0.537. The zero-order valence-electron chi connectivity index (χ0n) is 11.9. The van der Waals surface area contributed by atoms with Gasteiger partial charge in [0, 0.05) is 18.4 Å². The van der Waals surface area contributed by atoms with Gasteiger partial charge in [0.1, 0.15) is 6.33 Å². The molecule has 8 nitrogen and oxygen atoms in total. The normalized spacial score (nSPS) is 12.4. The number of hydrogen-bond acceptors (Lipinski definition) is 7. The summed E-state index contributed by atoms with van der Waals surface area (Å²) < 4.78 is 1.70. The van der Waals surface area contributed by atoms with Crippen molar-refractivity contribution < 1.29 is 0 Å². The standard InChI is InChI=1S/C12H20N8/c1-8(2)6-9(3)15-10-16-11(19-13)18-12(17-10)20-5-4-14-7-20/h4-5,7-9H,6,13H2,1-3H3,(H2,15,16,17,18,19). The van der Waals surface area contributed by atoms with E-state index in [2.05, 4.69) is 51.4 Å². The Bertz CT molecular complexity index is 536. The van der Waals surface area contributed by atoms with Gasteiger partial charge in [-0.15, -0.1) is 0 Å². The molecule has 0 saturated heterocycles. The molecule has 1 unspecified atom stereocenters. The second-order valence-corrected chi connectivity index (χ2v) is 5.07. The zero-order valence-corrected chi connectivity index (χ0v) is 11.9. The van der Waals surface area contributed by atoms with Gasteiger partial charge < -0.3 is 5.32 Å². The van der Waals surface area contributed by atoms with Crippen LogP contribution < -0.4 is 16.6 Å². The van der Waals surface area contributed by atoms with Crippen LogP contribution in [0, 0.1) is 5.92 Å². The lowest BCUT2D eigenvalue weighted by atomic mass is 10.1. The summed E-state index contributed by atoms with van der Waals surface area (Å²) in [6, 6.07) is 0.263. The van der Waals surface area contributed by atoms with Gasteiger partial charge in [0.05, 0.1) is 0 Å². The number of nitrogens with zero attached hydrogens (tertiary/aromatic N) is 5. The van der Waals surface area contributed by atoms with Crippen LogP contribution in [-0.4, -0.2) is 30.5 Å². The van der Waals surface area contributed by atoms with Crippen molar-refractivity contribution in [3.8, 4) is 5.95 Å². The largest absolute Gasteiger partial charge is 0.352 e. The Morgan fingerprint density at radius 3 is 2.55 bits per heavy atom. The molecule has 1 atom stereocenters. The summed E-state index contributed by atoms with van der Waals surface area (Å²) in [5, 5.41) is 3.26. The maximum Gasteiger partial charge on any atom is 0.243 e. The Morgan fingerprint density at radius 2 is 1.95 bits per heavy atom. The molecule has 4 N–H and O–H groups in total. The Labute approximate surface area is 117 Å². The van der Waals surface area contributed by atoms with Gasteiger partial charge in [-0.1, -0.05) is 13.8 Å². The third-order valence-electron chi connectivity index (χ3n) is 2.69. The number of rotatable bonds is 6. The van der Waals surface area contributed by atoms with Gasteiger partial charge in [-0.25, -0.2) is 10.8 Å². The maximum atomic E-state index is 5.40. The van der Waals surface area contributed by atoms with Crippen LogP contribution in [0.2, 0.25) is 0 Å². The summed E-state index contributed by atoms with van der Waals surface area (Å²) in [6.07, 6.45) is 6.07. The Hall–Kier alpha value is -2.22. The predicted octanol–water partition coefficient (Wildman–Crippen LogP) is 1.19. The summed E-state index contributed by atoms with van der Waals surface area (Å²) in [5.74, 6) is 7.26. The van der Waals surface area contributed by atoms with E-state index in [-0.39, 0.29) is 6.04 Å². The van der Waals surface area contributed by atoms with E-state index in [4.69, 9.17) is 5.84 Å². The van der Waals surface area contributed by atoms with E-state index < -0.39 is 0 Å². The van der Waals surface area contributed by atoms with Gasteiger partial charge in [0.25, 0.3) is 0 Å². The van der Waals surface area contributed by atoms with Crippen molar-refractivity contribution in [2.75, 3.05) is 10.7 Å². The van der Waals surface area contributed by atoms with Crippen molar-refractivity contribution in [3.63, 3.8) is 0 Å². The average molecular weight is 276 g/mol. The monoisotopic (exact) mass is 276 g/mol. The van der Waals surface area contributed by atoms with E-state index in [0.29, 0.717) is 23.8 Å². The van der Waals surface area contributed by atoms with Crippen LogP contribution in [0.4, 0.5) is 11.9 Å². The summed E-state index contributed by atoms with van der Waals surface area (Å²) in [7, 11) is 0. The molecule has 2 aromatic rings. The first kappa shape index (κ1) is 14.2. The molecule has 0 aliphatic carbocycles. The van der Waals surface area contributed by atoms with Gasteiger partial charge in [0.15, 0.2) is 0 Å². The van der Waals surface area contributed by atoms with E-state index in [1.165, 1.54) is 0 Å². The van der Waals surface area contributed by atoms with Gasteiger partial charge in [-0.05, 0) is 19.3 Å². The number of hydrogen-bond donors (Lipinski definition) is 3. The molecule has 0 bridgehead atoms. The highest BCUT2D eigenvalue weighted by Gasteiger charge is 2.10. The molecule has 0 saturated carbocycles. The summed E-state index contributed by atoms with van der Waals surface area (Å²) in [5.41, 5.74) is 2.45. The summed E-state index contributed by atoms with van der Waals surface area (Å²) in [6.45, 7) is 6.45. The topological polar surface area (TPSA) is 107 Å². The Morgan fingerprint density at radius 1 is 1.20 bits per heavy atom. The Kier molecular flexibility index (Phi) is 4.46. The molecule has 2 heterocycles. The molecular formula is C12H20N8. The number of nitrogen functional groups attached to an aromatic ring is 1. The fraction of sp³-hybridized carbons (Fsp3) is 0.500. The highest BCUT2D eigenvalue weighted by atomic mass is 15.4. The van der Waals surface area contributed by atoms with Crippen LogP contribution in [0.5, 0.6) is 0 Å². The molecule has 8 heteroatoms. The van der Waals surface area contributed by atoms with Crippen molar-refractivity contribution in [1.82, 2.24) is 24.5 Å². The van der Waals surface area contributed by atoms with E-state index in [1.54, 1.807) is 23.3 Å². The van der Waals surface area contributed by atoms with E-state index in [0.717, 1.165) is 6.42 Å². The minimum Gasteiger partial charge on any atom is -0.352 e. The highest BCUT2D eigenvalue weighted by Crippen LogP contribution is 2.12. The molecular weight excluding hydrogens is 256 g/mol. The summed E-state index contributed by atoms with van der Waals surface area (Å²) in [4.78, 5) is 16.7. The first-order valence-electron chi connectivity index (χ1n) is 6.56. The fourth-order valence-corrected chi connectivity index (χ4v) is 1.97. The molecule has 0 aliphatic heterocycles. The van der Waals surface area contributed by atoms with Crippen molar-refractivity contribution in [2.24, 2.45) is 11.8 Å². The van der Waals surface area contributed by atoms with Crippen LogP contribution in [0.25, 0.3) is 5.95 Å². The molecule has 20 heavy (non-hydrogen) atoms. The van der Waals surface area contributed by atoms with Gasteiger partial charge >= 0.3 is 0 Å². The minimum atomic E-state index is 0.263. The number of hydrazine groups is 1. The smallest absolute Gasteiger partial charge is 0.243 e. The zero-order chi connectivity index (χ0) is 14.5. The van der Waals surface area contributed by atoms with E-state index in [9.17, 15) is 0 Å². The first-order valence-corrected chi connectivity index (χ1v) is 6.56. The number of anilines is 2. The number of nitrogens with one attached hydrogen (secondary N) is 2. The summed E-state index contributed by atoms with van der Waals surface area (Å²) >= 11 is 0. The molecule has 2 rings (SSSR count). The molecule has 0 aromatic carbocycles. The molecule has 0 spiro atoms. The van der Waals surface area contributed by atoms with E-state index >= 15 is 0 Å². The van der Waals surface area contributed by atoms with Gasteiger partial charge in [0.2, 0.25) is 17.8 Å². The van der Waals surface area contributed by atoms with Gasteiger partial charge in [-0.2, -0.15) is 15.0 Å². The van der Waals surface area contributed by atoms with Crippen molar-refractivity contribution in [1.29, 1.82) is 0 Å². The Balaban J connectivity index is 2.22. The SMILES string of the molecule is CC(C)CC(C)Nc1nc(NN)nc(-n2ccnc2)n1. The minimum absolute atomic E-state index is 0.263. The van der Waals surface area contributed by atoms with Crippen LogP contribution in [0.3, 0.4) is 0 Å². The number of aromatic nitrogens is 5. The lowest BCUT2D eigenvalue weighted by Crippen LogP contribution is -2.21. The van der Waals surface area contributed by atoms with Crippen molar-refractivity contribution in [3.05, 3.63) is 18.7 Å². The van der Waals surface area contributed by atoms with Crippen LogP contribution in [-0.2, 0) is 0 Å². The average Bonchev–Trinajstić information content (AvgIpc) is 2.91. The number of imidazole rings is 1. The third kappa shape index (κ3) is 3.64.